The summed E-state index contributed by atoms with van der Waals surface area (Å²) in [6, 6.07) is -0.647. The third-order valence-corrected chi connectivity index (χ3v) is 5.89. The van der Waals surface area contributed by atoms with Gasteiger partial charge in [0.15, 0.2) is 0 Å². The molecule has 0 radical (unpaired) electrons. The van der Waals surface area contributed by atoms with Crippen LogP contribution in [0.3, 0.4) is 0 Å². The molecular weight excluding hydrogens is 306 g/mol. The molecule has 1 aromatic rings. The number of aromatic nitrogens is 2. The number of carbonyl (C=O) groups excluding carboxylic acids is 1. The molecule has 7 nitrogen and oxygen atoms in total. The zero-order valence-electron chi connectivity index (χ0n) is 13.4. The fourth-order valence-electron chi connectivity index (χ4n) is 2.76. The molecule has 0 spiro atoms. The quantitative estimate of drug-likeness (QED) is 0.756. The predicted octanol–water partition coefficient (Wildman–Crippen LogP) is 1.10. The lowest BCUT2D eigenvalue weighted by Gasteiger charge is -2.33. The number of imidazole rings is 1. The first kappa shape index (κ1) is 17.0. The lowest BCUT2D eigenvalue weighted by atomic mass is 10.1. The van der Waals surface area contributed by atoms with Crippen LogP contribution in [0.5, 0.6) is 0 Å². The average molecular weight is 329 g/mol. The summed E-state index contributed by atoms with van der Waals surface area (Å²) in [6.45, 7) is 5.99. The van der Waals surface area contributed by atoms with Gasteiger partial charge in [-0.15, -0.1) is 0 Å². The minimum atomic E-state index is -3.51. The predicted molar refractivity (Wildman–Crippen MR) is 81.7 cm³/mol. The SMILES string of the molecule is CCCS(=O)(=O)N1Cc2c(ncn2C(C)C)CC1C(=O)OC. The van der Waals surface area contributed by atoms with Crippen LogP contribution in [0.25, 0.3) is 0 Å². The molecule has 124 valence electrons. The van der Waals surface area contributed by atoms with Gasteiger partial charge in [-0.25, -0.2) is 13.4 Å². The van der Waals surface area contributed by atoms with E-state index >= 15 is 0 Å². The molecule has 0 saturated heterocycles. The monoisotopic (exact) mass is 329 g/mol. The van der Waals surface area contributed by atoms with E-state index in [0.717, 1.165) is 11.4 Å². The number of hydrogen-bond donors (Lipinski definition) is 0. The smallest absolute Gasteiger partial charge is 0.324 e. The minimum absolute atomic E-state index is 0.0195. The van der Waals surface area contributed by atoms with Crippen molar-refractivity contribution in [1.82, 2.24) is 13.9 Å². The highest BCUT2D eigenvalue weighted by molar-refractivity contribution is 7.89. The minimum Gasteiger partial charge on any atom is -0.468 e. The number of hydrogen-bond acceptors (Lipinski definition) is 5. The average Bonchev–Trinajstić information content (AvgIpc) is 2.88. The second-order valence-corrected chi connectivity index (χ2v) is 7.78. The Kier molecular flexibility index (Phi) is 4.91. The summed E-state index contributed by atoms with van der Waals surface area (Å²) in [5.41, 5.74) is 1.63. The second kappa shape index (κ2) is 6.37. The lowest BCUT2D eigenvalue weighted by Crippen LogP contribution is -2.50. The standard InChI is InChI=1S/C14H23N3O4S/c1-5-6-22(19,20)17-8-13-11(7-12(17)14(18)21-4)15-9-16(13)10(2)3/h9-10,12H,5-8H2,1-4H3. The molecule has 0 amide bonds. The van der Waals surface area contributed by atoms with Crippen molar-refractivity contribution in [2.24, 2.45) is 0 Å². The fraction of sp³-hybridized carbons (Fsp3) is 0.714. The molecule has 22 heavy (non-hydrogen) atoms. The van der Waals surface area contributed by atoms with Gasteiger partial charge >= 0.3 is 5.97 Å². The van der Waals surface area contributed by atoms with Crippen LogP contribution in [0, 0.1) is 0 Å². The Morgan fingerprint density at radius 2 is 2.18 bits per heavy atom. The van der Waals surface area contributed by atoms with Crippen molar-refractivity contribution in [1.29, 1.82) is 0 Å². The number of rotatable bonds is 5. The van der Waals surface area contributed by atoms with Gasteiger partial charge in [-0.3, -0.25) is 4.79 Å². The van der Waals surface area contributed by atoms with E-state index in [-0.39, 0.29) is 24.8 Å². The first-order valence-corrected chi connectivity index (χ1v) is 9.04. The van der Waals surface area contributed by atoms with E-state index in [9.17, 15) is 13.2 Å². The van der Waals surface area contributed by atoms with Crippen LogP contribution in [0.1, 0.15) is 44.6 Å². The van der Waals surface area contributed by atoms with Crippen molar-refractivity contribution in [3.8, 4) is 0 Å². The summed E-state index contributed by atoms with van der Waals surface area (Å²) in [5.74, 6) is -0.518. The van der Waals surface area contributed by atoms with Crippen LogP contribution in [-0.2, 0) is 32.5 Å². The second-order valence-electron chi connectivity index (χ2n) is 5.74. The van der Waals surface area contributed by atoms with Crippen molar-refractivity contribution in [3.05, 3.63) is 17.7 Å². The molecule has 0 aliphatic carbocycles. The number of esters is 1. The first-order chi connectivity index (χ1) is 10.3. The molecule has 8 heteroatoms. The highest BCUT2D eigenvalue weighted by atomic mass is 32.2. The summed E-state index contributed by atoms with van der Waals surface area (Å²) < 4.78 is 33.0. The zero-order valence-corrected chi connectivity index (χ0v) is 14.3. The number of sulfonamides is 1. The van der Waals surface area contributed by atoms with Gasteiger partial charge in [0.05, 0.1) is 37.1 Å². The highest BCUT2D eigenvalue weighted by Crippen LogP contribution is 2.28. The maximum absolute atomic E-state index is 12.5. The van der Waals surface area contributed by atoms with Crippen molar-refractivity contribution in [3.63, 3.8) is 0 Å². The molecule has 0 bridgehead atoms. The van der Waals surface area contributed by atoms with E-state index in [2.05, 4.69) is 4.98 Å². The van der Waals surface area contributed by atoms with E-state index in [1.54, 1.807) is 13.3 Å². The molecule has 1 aliphatic rings. The van der Waals surface area contributed by atoms with E-state index < -0.39 is 22.0 Å². The molecule has 0 fully saturated rings. The van der Waals surface area contributed by atoms with Gasteiger partial charge in [0.25, 0.3) is 0 Å². The molecule has 1 unspecified atom stereocenters. The van der Waals surface area contributed by atoms with E-state index in [4.69, 9.17) is 4.74 Å². The molecule has 2 rings (SSSR count). The fourth-order valence-corrected chi connectivity index (χ4v) is 4.38. The van der Waals surface area contributed by atoms with E-state index in [0.29, 0.717) is 6.42 Å². The molecule has 2 heterocycles. The van der Waals surface area contributed by atoms with Crippen LogP contribution in [0.2, 0.25) is 0 Å². The Morgan fingerprint density at radius 3 is 2.73 bits per heavy atom. The van der Waals surface area contributed by atoms with Crippen LogP contribution in [0.15, 0.2) is 6.33 Å². The van der Waals surface area contributed by atoms with Gasteiger partial charge in [0.1, 0.15) is 6.04 Å². The van der Waals surface area contributed by atoms with E-state index in [1.165, 1.54) is 11.4 Å². The van der Waals surface area contributed by atoms with Gasteiger partial charge in [0, 0.05) is 12.5 Å². The van der Waals surface area contributed by atoms with Crippen LogP contribution in [0.4, 0.5) is 0 Å². The lowest BCUT2D eigenvalue weighted by molar-refractivity contribution is -0.145. The molecule has 0 aromatic carbocycles. The Hall–Kier alpha value is -1.41. The van der Waals surface area contributed by atoms with Gasteiger partial charge in [0.2, 0.25) is 10.0 Å². The maximum atomic E-state index is 12.5. The van der Waals surface area contributed by atoms with E-state index in [1.807, 2.05) is 18.4 Å². The Morgan fingerprint density at radius 1 is 1.50 bits per heavy atom. The van der Waals surface area contributed by atoms with Crippen LogP contribution in [-0.4, -0.2) is 47.1 Å². The number of carbonyl (C=O) groups is 1. The molecule has 1 aliphatic heterocycles. The van der Waals surface area contributed by atoms with Gasteiger partial charge in [-0.2, -0.15) is 4.31 Å². The van der Waals surface area contributed by atoms with Gasteiger partial charge in [-0.1, -0.05) is 6.92 Å². The number of nitrogens with zero attached hydrogens (tertiary/aromatic N) is 3. The zero-order chi connectivity index (χ0) is 16.5. The molecule has 0 saturated carbocycles. The molecule has 1 aromatic heterocycles. The Balaban J connectivity index is 2.45. The van der Waals surface area contributed by atoms with Gasteiger partial charge < -0.3 is 9.30 Å². The summed E-state index contributed by atoms with van der Waals surface area (Å²) in [6.07, 6.45) is 2.47. The normalized spacial score (nSPS) is 19.2. The number of methoxy groups -OCH3 is 1. The van der Waals surface area contributed by atoms with Crippen molar-refractivity contribution < 1.29 is 17.9 Å². The van der Waals surface area contributed by atoms with Crippen molar-refractivity contribution in [2.75, 3.05) is 12.9 Å². The summed E-state index contributed by atoms with van der Waals surface area (Å²) in [4.78, 5) is 16.4. The number of ether oxygens (including phenoxy) is 1. The van der Waals surface area contributed by atoms with Gasteiger partial charge in [-0.05, 0) is 20.3 Å². The third-order valence-electron chi connectivity index (χ3n) is 3.87. The molecular formula is C14H23N3O4S. The number of fused-ring (bicyclic) bond motifs is 1. The summed E-state index contributed by atoms with van der Waals surface area (Å²) in [7, 11) is -2.24. The van der Waals surface area contributed by atoms with Crippen LogP contribution >= 0.6 is 0 Å². The molecule has 0 N–H and O–H groups in total. The molecule has 1 atom stereocenters. The first-order valence-electron chi connectivity index (χ1n) is 7.43. The van der Waals surface area contributed by atoms with Crippen LogP contribution < -0.4 is 0 Å². The highest BCUT2D eigenvalue weighted by Gasteiger charge is 2.41. The maximum Gasteiger partial charge on any atom is 0.324 e. The van der Waals surface area contributed by atoms with Crippen molar-refractivity contribution >= 4 is 16.0 Å². The summed E-state index contributed by atoms with van der Waals surface area (Å²) >= 11 is 0. The topological polar surface area (TPSA) is 81.5 Å². The summed E-state index contributed by atoms with van der Waals surface area (Å²) in [5, 5.41) is 0. The van der Waals surface area contributed by atoms with Crippen molar-refractivity contribution in [2.45, 2.75) is 52.2 Å². The third kappa shape index (κ3) is 3.03. The Bertz CT molecular complexity index is 651. The largest absolute Gasteiger partial charge is 0.468 e. The Labute approximate surface area is 131 Å².